The fraction of sp³-hybridized carbons (Fsp3) is 1.00. The summed E-state index contributed by atoms with van der Waals surface area (Å²) in [5, 5.41) is 0. The largest absolute Gasteiger partial charge is 0.352 e. The van der Waals surface area contributed by atoms with E-state index in [2.05, 4.69) is 0 Å². The van der Waals surface area contributed by atoms with E-state index in [4.69, 9.17) is 9.47 Å². The van der Waals surface area contributed by atoms with Crippen molar-refractivity contribution in [1.29, 1.82) is 0 Å². The SMILES string of the molecule is C1CO[C@@H]2OCC[C@@H]2C1. The molecule has 0 bridgehead atoms. The van der Waals surface area contributed by atoms with Crippen molar-refractivity contribution < 1.29 is 9.47 Å². The minimum atomic E-state index is 0.166. The van der Waals surface area contributed by atoms with Crippen LogP contribution in [0.4, 0.5) is 0 Å². The molecular weight excluding hydrogens is 116 g/mol. The van der Waals surface area contributed by atoms with Crippen LogP contribution in [0, 0.1) is 5.92 Å². The van der Waals surface area contributed by atoms with E-state index in [0.717, 1.165) is 19.1 Å². The van der Waals surface area contributed by atoms with Gasteiger partial charge in [0.05, 0.1) is 6.61 Å². The maximum Gasteiger partial charge on any atom is 0.160 e. The molecule has 0 unspecified atom stereocenters. The van der Waals surface area contributed by atoms with Crippen molar-refractivity contribution in [3.63, 3.8) is 0 Å². The number of rotatable bonds is 0. The number of ether oxygens (including phenoxy) is 2. The zero-order chi connectivity index (χ0) is 6.10. The van der Waals surface area contributed by atoms with Gasteiger partial charge in [-0.3, -0.25) is 0 Å². The Kier molecular flexibility index (Phi) is 1.44. The smallest absolute Gasteiger partial charge is 0.160 e. The van der Waals surface area contributed by atoms with Crippen molar-refractivity contribution in [1.82, 2.24) is 0 Å². The molecule has 0 aromatic rings. The first kappa shape index (κ1) is 5.69. The fourth-order valence-electron chi connectivity index (χ4n) is 1.62. The lowest BCUT2D eigenvalue weighted by molar-refractivity contribution is -0.150. The summed E-state index contributed by atoms with van der Waals surface area (Å²) >= 11 is 0. The highest BCUT2D eigenvalue weighted by Gasteiger charge is 2.30. The summed E-state index contributed by atoms with van der Waals surface area (Å²) < 4.78 is 10.7. The zero-order valence-corrected chi connectivity index (χ0v) is 5.51. The first-order valence-electron chi connectivity index (χ1n) is 3.70. The Labute approximate surface area is 55.1 Å². The van der Waals surface area contributed by atoms with Gasteiger partial charge in [0.2, 0.25) is 0 Å². The van der Waals surface area contributed by atoms with E-state index in [-0.39, 0.29) is 6.29 Å². The van der Waals surface area contributed by atoms with Gasteiger partial charge >= 0.3 is 0 Å². The Morgan fingerprint density at radius 2 is 1.89 bits per heavy atom. The Morgan fingerprint density at radius 3 is 2.78 bits per heavy atom. The molecule has 0 saturated carbocycles. The second kappa shape index (κ2) is 2.27. The highest BCUT2D eigenvalue weighted by Crippen LogP contribution is 2.29. The molecule has 0 amide bonds. The Balaban J connectivity index is 1.97. The van der Waals surface area contributed by atoms with Gasteiger partial charge in [-0.2, -0.15) is 0 Å². The van der Waals surface area contributed by atoms with E-state index in [1.54, 1.807) is 0 Å². The summed E-state index contributed by atoms with van der Waals surface area (Å²) in [4.78, 5) is 0. The summed E-state index contributed by atoms with van der Waals surface area (Å²) in [6, 6.07) is 0. The van der Waals surface area contributed by atoms with E-state index in [1.165, 1.54) is 19.3 Å². The average molecular weight is 128 g/mol. The molecule has 2 aliphatic rings. The minimum absolute atomic E-state index is 0.166. The van der Waals surface area contributed by atoms with Gasteiger partial charge < -0.3 is 9.47 Å². The van der Waals surface area contributed by atoms with Crippen molar-refractivity contribution in [2.24, 2.45) is 5.92 Å². The summed E-state index contributed by atoms with van der Waals surface area (Å²) in [5.74, 6) is 0.721. The topological polar surface area (TPSA) is 18.5 Å². The van der Waals surface area contributed by atoms with Crippen molar-refractivity contribution in [2.75, 3.05) is 13.2 Å². The number of fused-ring (bicyclic) bond motifs is 1. The molecule has 2 aliphatic heterocycles. The molecule has 2 heteroatoms. The van der Waals surface area contributed by atoms with E-state index in [1.807, 2.05) is 0 Å². The van der Waals surface area contributed by atoms with Gasteiger partial charge in [-0.1, -0.05) is 0 Å². The van der Waals surface area contributed by atoms with Crippen molar-refractivity contribution in [3.05, 3.63) is 0 Å². The van der Waals surface area contributed by atoms with Crippen LogP contribution in [0.3, 0.4) is 0 Å². The molecule has 2 atom stereocenters. The van der Waals surface area contributed by atoms with E-state index in [0.29, 0.717) is 0 Å². The first-order valence-corrected chi connectivity index (χ1v) is 3.70. The third-order valence-electron chi connectivity index (χ3n) is 2.16. The standard InChI is InChI=1S/C7H12O2/c1-2-6-3-5-9-7(6)8-4-1/h6-7H,1-5H2/t6-,7+/m0/s1. The summed E-state index contributed by atoms with van der Waals surface area (Å²) in [6.45, 7) is 1.82. The molecule has 2 saturated heterocycles. The molecule has 9 heavy (non-hydrogen) atoms. The van der Waals surface area contributed by atoms with Crippen LogP contribution in [0.1, 0.15) is 19.3 Å². The third-order valence-corrected chi connectivity index (χ3v) is 2.16. The van der Waals surface area contributed by atoms with Crippen LogP contribution in [0.5, 0.6) is 0 Å². The van der Waals surface area contributed by atoms with Gasteiger partial charge in [0.25, 0.3) is 0 Å². The summed E-state index contributed by atoms with van der Waals surface area (Å²) in [7, 11) is 0. The Morgan fingerprint density at radius 1 is 1.00 bits per heavy atom. The Bertz CT molecular complexity index is 91.1. The summed E-state index contributed by atoms with van der Waals surface area (Å²) in [6.07, 6.45) is 3.92. The first-order chi connectivity index (χ1) is 4.47. The van der Waals surface area contributed by atoms with E-state index >= 15 is 0 Å². The second-order valence-corrected chi connectivity index (χ2v) is 2.80. The van der Waals surface area contributed by atoms with Crippen molar-refractivity contribution >= 4 is 0 Å². The highest BCUT2D eigenvalue weighted by atomic mass is 16.7. The maximum absolute atomic E-state index is 5.38. The van der Waals surface area contributed by atoms with Crippen LogP contribution in [-0.2, 0) is 9.47 Å². The maximum atomic E-state index is 5.38. The van der Waals surface area contributed by atoms with Crippen LogP contribution in [0.2, 0.25) is 0 Å². The lowest BCUT2D eigenvalue weighted by Crippen LogP contribution is -2.25. The molecule has 2 heterocycles. The second-order valence-electron chi connectivity index (χ2n) is 2.80. The normalized spacial score (nSPS) is 42.7. The number of hydrogen-bond acceptors (Lipinski definition) is 2. The molecule has 0 aromatic heterocycles. The van der Waals surface area contributed by atoms with Crippen LogP contribution in [0.25, 0.3) is 0 Å². The van der Waals surface area contributed by atoms with Gasteiger partial charge in [-0.25, -0.2) is 0 Å². The van der Waals surface area contributed by atoms with Crippen LogP contribution < -0.4 is 0 Å². The molecular formula is C7H12O2. The molecule has 2 fully saturated rings. The molecule has 2 rings (SSSR count). The van der Waals surface area contributed by atoms with Crippen LogP contribution >= 0.6 is 0 Å². The lowest BCUT2D eigenvalue weighted by Gasteiger charge is -2.23. The third kappa shape index (κ3) is 0.970. The van der Waals surface area contributed by atoms with Crippen LogP contribution in [-0.4, -0.2) is 19.5 Å². The molecule has 0 spiro atoms. The molecule has 0 aromatic carbocycles. The minimum Gasteiger partial charge on any atom is -0.352 e. The summed E-state index contributed by atoms with van der Waals surface area (Å²) in [5.41, 5.74) is 0. The predicted molar refractivity (Wildman–Crippen MR) is 33.0 cm³/mol. The van der Waals surface area contributed by atoms with E-state index in [9.17, 15) is 0 Å². The number of hydrogen-bond donors (Lipinski definition) is 0. The molecule has 2 nitrogen and oxygen atoms in total. The van der Waals surface area contributed by atoms with Gasteiger partial charge in [-0.05, 0) is 19.3 Å². The monoisotopic (exact) mass is 128 g/mol. The van der Waals surface area contributed by atoms with Gasteiger partial charge in [-0.15, -0.1) is 0 Å². The fourth-order valence-corrected chi connectivity index (χ4v) is 1.62. The van der Waals surface area contributed by atoms with Crippen molar-refractivity contribution in [2.45, 2.75) is 25.6 Å². The van der Waals surface area contributed by atoms with Gasteiger partial charge in [0.1, 0.15) is 0 Å². The molecule has 0 aliphatic carbocycles. The predicted octanol–water partition coefficient (Wildman–Crippen LogP) is 1.16. The zero-order valence-electron chi connectivity index (χ0n) is 5.51. The molecule has 0 N–H and O–H groups in total. The van der Waals surface area contributed by atoms with Crippen molar-refractivity contribution in [3.8, 4) is 0 Å². The highest BCUT2D eigenvalue weighted by molar-refractivity contribution is 4.72. The van der Waals surface area contributed by atoms with Gasteiger partial charge in [0.15, 0.2) is 6.29 Å². The Hall–Kier alpha value is -0.0800. The molecule has 52 valence electrons. The quantitative estimate of drug-likeness (QED) is 0.487. The lowest BCUT2D eigenvalue weighted by atomic mass is 10.00. The molecule has 0 radical (unpaired) electrons. The van der Waals surface area contributed by atoms with Crippen LogP contribution in [0.15, 0.2) is 0 Å². The van der Waals surface area contributed by atoms with Gasteiger partial charge in [0, 0.05) is 12.5 Å². The average Bonchev–Trinajstić information content (AvgIpc) is 2.33. The van der Waals surface area contributed by atoms with E-state index < -0.39 is 0 Å².